The van der Waals surface area contributed by atoms with E-state index < -0.39 is 30.0 Å². The van der Waals surface area contributed by atoms with Crippen LogP contribution >= 0.6 is 24.8 Å². The summed E-state index contributed by atoms with van der Waals surface area (Å²) in [6.07, 6.45) is 1.44. The highest BCUT2D eigenvalue weighted by Gasteiger charge is 2.18. The van der Waals surface area contributed by atoms with E-state index in [2.05, 4.69) is 16.0 Å². The molecule has 15 nitrogen and oxygen atoms in total. The van der Waals surface area contributed by atoms with Crippen molar-refractivity contribution in [3.63, 3.8) is 0 Å². The Morgan fingerprint density at radius 1 is 0.517 bits per heavy atom. The van der Waals surface area contributed by atoms with E-state index in [4.69, 9.17) is 28.4 Å². The van der Waals surface area contributed by atoms with Crippen LogP contribution in [0.15, 0.2) is 97.1 Å². The molecule has 0 saturated carbocycles. The van der Waals surface area contributed by atoms with Gasteiger partial charge in [-0.25, -0.2) is 14.4 Å². The predicted molar refractivity (Wildman–Crippen MR) is 228 cm³/mol. The molecule has 1 amide bonds. The van der Waals surface area contributed by atoms with Crippen LogP contribution in [0.25, 0.3) is 0 Å². The van der Waals surface area contributed by atoms with Crippen LogP contribution in [0.3, 0.4) is 0 Å². The van der Waals surface area contributed by atoms with Crippen molar-refractivity contribution in [1.82, 2.24) is 16.0 Å². The first-order valence-electron chi connectivity index (χ1n) is 18.6. The molecule has 0 aliphatic heterocycles. The predicted octanol–water partition coefficient (Wildman–Crippen LogP) is 6.08. The van der Waals surface area contributed by atoms with Gasteiger partial charge in [-0.3, -0.25) is 14.4 Å². The number of aryl methyl sites for hydroxylation is 1. The molecule has 4 rings (SSSR count). The van der Waals surface area contributed by atoms with E-state index in [0.29, 0.717) is 56.6 Å². The molecule has 0 unspecified atom stereocenters. The molecule has 0 fully saturated rings. The number of esters is 5. The van der Waals surface area contributed by atoms with Crippen LogP contribution in [0.5, 0.6) is 23.0 Å². The second-order valence-electron chi connectivity index (χ2n) is 12.1. The van der Waals surface area contributed by atoms with Gasteiger partial charge >= 0.3 is 35.9 Å². The maximum absolute atomic E-state index is 12.4. The second-order valence-corrected chi connectivity index (χ2v) is 12.1. The largest absolute Gasteiger partial charge is 0.466 e. The standard InChI is InChI=1S/C22H25NO6.C21H24N2O6.2ClH/c1-3-27-20(24)11-7-8-16-12-13-18(28-21(25)15-23-2)19(14-16)29-22(26)17-9-5-4-6-10-17;1-3-27-21(26)23-12-11-15-9-10-17(18(13-15)28-19(24)14-22-2)29-20(25)16-7-5-4-6-8-16;;/h4-6,9-10,12-14,23H,3,7-8,11,15H2,1-2H3;4-10,13,22H,3,11-12,14H2,1-2H3,(H,23,26);2*1H. The third-order valence-electron chi connectivity index (χ3n) is 7.64. The highest BCUT2D eigenvalue weighted by molar-refractivity contribution is 5.92. The zero-order valence-electron chi connectivity index (χ0n) is 33.8. The first kappa shape index (κ1) is 52.0. The van der Waals surface area contributed by atoms with Crippen molar-refractivity contribution in [2.45, 2.75) is 39.5 Å². The molecular weight excluding hydrogens is 821 g/mol. The van der Waals surface area contributed by atoms with Crippen molar-refractivity contribution in [2.24, 2.45) is 0 Å². The summed E-state index contributed by atoms with van der Waals surface area (Å²) in [6.45, 7) is 4.49. The lowest BCUT2D eigenvalue weighted by atomic mass is 10.1. The van der Waals surface area contributed by atoms with Crippen LogP contribution in [0.2, 0.25) is 0 Å². The van der Waals surface area contributed by atoms with Gasteiger partial charge in [0.05, 0.1) is 37.4 Å². The Bertz CT molecular complexity index is 1970. The van der Waals surface area contributed by atoms with E-state index in [1.165, 1.54) is 0 Å². The zero-order valence-corrected chi connectivity index (χ0v) is 35.5. The van der Waals surface area contributed by atoms with Crippen molar-refractivity contribution in [1.29, 1.82) is 0 Å². The summed E-state index contributed by atoms with van der Waals surface area (Å²) in [5.41, 5.74) is 2.39. The quantitative estimate of drug-likeness (QED) is 0.0725. The average Bonchev–Trinajstić information content (AvgIpc) is 3.21. The first-order chi connectivity index (χ1) is 28.1. The van der Waals surface area contributed by atoms with Crippen LogP contribution in [-0.2, 0) is 36.7 Å². The van der Waals surface area contributed by atoms with Crippen molar-refractivity contribution >= 4 is 60.8 Å². The number of hydrogen-bond donors (Lipinski definition) is 3. The van der Waals surface area contributed by atoms with Gasteiger partial charge in [-0.15, -0.1) is 24.8 Å². The minimum atomic E-state index is -0.562. The second kappa shape index (κ2) is 29.2. The smallest absolute Gasteiger partial charge is 0.407 e. The van der Waals surface area contributed by atoms with Gasteiger partial charge in [0.15, 0.2) is 23.0 Å². The van der Waals surface area contributed by atoms with E-state index in [1.807, 2.05) is 0 Å². The van der Waals surface area contributed by atoms with Crippen LogP contribution in [0.4, 0.5) is 4.79 Å². The average molecular weight is 873 g/mol. The molecule has 4 aromatic carbocycles. The molecular formula is C43H51Cl2N3O12. The van der Waals surface area contributed by atoms with E-state index in [9.17, 15) is 28.8 Å². The number of halogens is 2. The summed E-state index contributed by atoms with van der Waals surface area (Å²) >= 11 is 0. The number of rotatable bonds is 19. The summed E-state index contributed by atoms with van der Waals surface area (Å²) < 4.78 is 31.3. The summed E-state index contributed by atoms with van der Waals surface area (Å²) in [5, 5.41) is 8.03. The molecule has 0 aliphatic carbocycles. The van der Waals surface area contributed by atoms with Crippen molar-refractivity contribution < 1.29 is 57.2 Å². The van der Waals surface area contributed by atoms with E-state index in [0.717, 1.165) is 11.1 Å². The number of benzene rings is 4. The Balaban J connectivity index is 0.000000581. The normalized spacial score (nSPS) is 9.87. The van der Waals surface area contributed by atoms with E-state index in [1.54, 1.807) is 125 Å². The number of likely N-dealkylation sites (N-methyl/N-ethyl adjacent to an activating group) is 2. The Morgan fingerprint density at radius 2 is 0.967 bits per heavy atom. The monoisotopic (exact) mass is 871 g/mol. The molecule has 0 bridgehead atoms. The molecule has 0 heterocycles. The molecule has 0 radical (unpaired) electrons. The fourth-order valence-corrected chi connectivity index (χ4v) is 4.98. The van der Waals surface area contributed by atoms with Crippen LogP contribution in [0.1, 0.15) is 58.5 Å². The maximum Gasteiger partial charge on any atom is 0.407 e. The van der Waals surface area contributed by atoms with Gasteiger partial charge in [-0.05, 0) is 107 Å². The minimum absolute atomic E-state index is 0. The number of nitrogens with one attached hydrogen (secondary N) is 3. The van der Waals surface area contributed by atoms with Gasteiger partial charge in [0.1, 0.15) is 0 Å². The Hall–Kier alpha value is -6.00. The Morgan fingerprint density at radius 3 is 1.47 bits per heavy atom. The fourth-order valence-electron chi connectivity index (χ4n) is 4.98. The summed E-state index contributed by atoms with van der Waals surface area (Å²) in [4.78, 5) is 71.4. The van der Waals surface area contributed by atoms with Crippen molar-refractivity contribution in [3.8, 4) is 23.0 Å². The Labute approximate surface area is 361 Å². The topological polar surface area (TPSA) is 194 Å². The van der Waals surface area contributed by atoms with Crippen molar-refractivity contribution in [3.05, 3.63) is 119 Å². The lowest BCUT2D eigenvalue weighted by Crippen LogP contribution is -2.26. The van der Waals surface area contributed by atoms with Gasteiger partial charge in [0, 0.05) is 13.0 Å². The number of carbonyl (C=O) groups is 6. The molecule has 3 N–H and O–H groups in total. The number of hydrogen-bond acceptors (Lipinski definition) is 14. The fraction of sp³-hybridized carbons (Fsp3) is 0.302. The number of amides is 1. The lowest BCUT2D eigenvalue weighted by molar-refractivity contribution is -0.143. The molecule has 0 atom stereocenters. The van der Waals surface area contributed by atoms with E-state index >= 15 is 0 Å². The number of carbonyl (C=O) groups excluding carboxylic acids is 6. The Kier molecular flexibility index (Phi) is 25.4. The molecule has 0 spiro atoms. The minimum Gasteiger partial charge on any atom is -0.466 e. The SMILES string of the molecule is CCOC(=O)CCCc1ccc(OC(=O)CNC)c(OC(=O)c2ccccc2)c1.CCOC(=O)NCCc1ccc(OC(=O)c2ccccc2)c(OC(=O)CNC)c1.Cl.Cl. The van der Waals surface area contributed by atoms with Crippen LogP contribution < -0.4 is 34.9 Å². The number of alkyl carbamates (subject to hydrolysis) is 1. The number of ether oxygens (including phenoxy) is 6. The van der Waals surface area contributed by atoms with Gasteiger partial charge < -0.3 is 44.4 Å². The van der Waals surface area contributed by atoms with Gasteiger partial charge in [0.2, 0.25) is 0 Å². The molecule has 0 saturated heterocycles. The maximum atomic E-state index is 12.4. The molecule has 17 heteroatoms. The van der Waals surface area contributed by atoms with Crippen LogP contribution in [-0.4, -0.2) is 82.9 Å². The molecule has 324 valence electrons. The van der Waals surface area contributed by atoms with Crippen LogP contribution in [0, 0.1) is 0 Å². The summed E-state index contributed by atoms with van der Waals surface area (Å²) in [7, 11) is 3.25. The summed E-state index contributed by atoms with van der Waals surface area (Å²) in [5.74, 6) is -1.82. The molecule has 0 aromatic heterocycles. The zero-order chi connectivity index (χ0) is 42.1. The van der Waals surface area contributed by atoms with Gasteiger partial charge in [-0.1, -0.05) is 48.5 Å². The van der Waals surface area contributed by atoms with E-state index in [-0.39, 0.29) is 66.9 Å². The first-order valence-corrected chi connectivity index (χ1v) is 18.6. The third kappa shape index (κ3) is 19.2. The lowest BCUT2D eigenvalue weighted by Gasteiger charge is -2.13. The van der Waals surface area contributed by atoms with Gasteiger partial charge in [-0.2, -0.15) is 0 Å². The molecule has 0 aliphatic rings. The highest BCUT2D eigenvalue weighted by Crippen LogP contribution is 2.31. The van der Waals surface area contributed by atoms with Gasteiger partial charge in [0.25, 0.3) is 0 Å². The molecule has 4 aromatic rings. The summed E-state index contributed by atoms with van der Waals surface area (Å²) in [6, 6.07) is 26.9. The van der Waals surface area contributed by atoms with Crippen molar-refractivity contribution in [2.75, 3.05) is 46.9 Å². The third-order valence-corrected chi connectivity index (χ3v) is 7.64. The highest BCUT2D eigenvalue weighted by atomic mass is 35.5. The molecule has 60 heavy (non-hydrogen) atoms.